The molecular weight excluding hydrogens is 300 g/mol. The minimum Gasteiger partial charge on any atom is -0.370 e. The van der Waals surface area contributed by atoms with E-state index in [1.807, 2.05) is 4.90 Å². The van der Waals surface area contributed by atoms with Gasteiger partial charge in [0.25, 0.3) is 5.91 Å². The molecule has 1 amide bonds. The summed E-state index contributed by atoms with van der Waals surface area (Å²) in [6, 6.07) is 1.79. The number of amides is 1. The minimum atomic E-state index is 0.0299. The lowest BCUT2D eigenvalue weighted by Gasteiger charge is -2.30. The number of allylic oxidation sites excluding steroid dienone is 1. The first-order valence-electron chi connectivity index (χ1n) is 9.25. The fourth-order valence-electron chi connectivity index (χ4n) is 3.43. The van der Waals surface area contributed by atoms with Crippen LogP contribution in [-0.2, 0) is 0 Å². The first-order chi connectivity index (χ1) is 11.7. The summed E-state index contributed by atoms with van der Waals surface area (Å²) in [7, 11) is 0. The zero-order valence-corrected chi connectivity index (χ0v) is 14.6. The van der Waals surface area contributed by atoms with E-state index in [0.717, 1.165) is 44.7 Å². The van der Waals surface area contributed by atoms with Crippen molar-refractivity contribution in [3.63, 3.8) is 0 Å². The lowest BCUT2D eigenvalue weighted by atomic mass is 9.97. The normalized spacial score (nSPS) is 19.0. The molecule has 0 aromatic carbocycles. The first-order valence-corrected chi connectivity index (χ1v) is 9.25. The largest absolute Gasteiger partial charge is 0.370 e. The van der Waals surface area contributed by atoms with Crippen molar-refractivity contribution in [3.8, 4) is 0 Å². The summed E-state index contributed by atoms with van der Waals surface area (Å²) < 4.78 is 0. The summed E-state index contributed by atoms with van der Waals surface area (Å²) in [4.78, 5) is 22.9. The SMILES string of the molecule is CC1CCN(C(=O)c2cc(NCCC3=CCCCC3)ncn2)CC1. The molecule has 1 saturated heterocycles. The van der Waals surface area contributed by atoms with Crippen LogP contribution in [0.3, 0.4) is 0 Å². The van der Waals surface area contributed by atoms with Crippen molar-refractivity contribution < 1.29 is 4.79 Å². The van der Waals surface area contributed by atoms with E-state index in [4.69, 9.17) is 0 Å². The minimum absolute atomic E-state index is 0.0299. The molecule has 3 rings (SSSR count). The fourth-order valence-corrected chi connectivity index (χ4v) is 3.43. The predicted molar refractivity (Wildman–Crippen MR) is 96.0 cm³/mol. The van der Waals surface area contributed by atoms with Crippen LogP contribution < -0.4 is 5.32 Å². The molecule has 2 heterocycles. The van der Waals surface area contributed by atoms with Gasteiger partial charge in [-0.3, -0.25) is 4.79 Å². The third-order valence-electron chi connectivity index (χ3n) is 5.09. The molecule has 1 aromatic rings. The van der Waals surface area contributed by atoms with Gasteiger partial charge in [0, 0.05) is 25.7 Å². The van der Waals surface area contributed by atoms with Crippen molar-refractivity contribution in [1.82, 2.24) is 14.9 Å². The lowest BCUT2D eigenvalue weighted by molar-refractivity contribution is 0.0691. The second kappa shape index (κ2) is 8.27. The summed E-state index contributed by atoms with van der Waals surface area (Å²) in [5, 5.41) is 3.33. The van der Waals surface area contributed by atoms with E-state index >= 15 is 0 Å². The van der Waals surface area contributed by atoms with E-state index in [-0.39, 0.29) is 5.91 Å². The van der Waals surface area contributed by atoms with Gasteiger partial charge in [-0.2, -0.15) is 0 Å². The van der Waals surface area contributed by atoms with E-state index in [1.54, 1.807) is 11.6 Å². The number of hydrogen-bond acceptors (Lipinski definition) is 4. The van der Waals surface area contributed by atoms with Gasteiger partial charge in [-0.25, -0.2) is 9.97 Å². The highest BCUT2D eigenvalue weighted by molar-refractivity contribution is 5.92. The third kappa shape index (κ3) is 4.56. The quantitative estimate of drug-likeness (QED) is 0.838. The molecule has 0 bridgehead atoms. The molecule has 0 saturated carbocycles. The van der Waals surface area contributed by atoms with Gasteiger partial charge in [-0.15, -0.1) is 0 Å². The molecule has 130 valence electrons. The van der Waals surface area contributed by atoms with E-state index < -0.39 is 0 Å². The summed E-state index contributed by atoms with van der Waals surface area (Å²) >= 11 is 0. The molecular formula is C19H28N4O. The Bertz CT molecular complexity index is 591. The van der Waals surface area contributed by atoms with Gasteiger partial charge in [0.15, 0.2) is 0 Å². The number of aromatic nitrogens is 2. The summed E-state index contributed by atoms with van der Waals surface area (Å²) in [5.41, 5.74) is 2.04. The first kappa shape index (κ1) is 16.9. The summed E-state index contributed by atoms with van der Waals surface area (Å²) in [5.74, 6) is 1.49. The van der Waals surface area contributed by atoms with Crippen LogP contribution in [0.1, 0.15) is 62.4 Å². The number of hydrogen-bond donors (Lipinski definition) is 1. The molecule has 5 heteroatoms. The summed E-state index contributed by atoms with van der Waals surface area (Å²) in [6.45, 7) is 4.77. The molecule has 0 atom stereocenters. The van der Waals surface area contributed by atoms with Crippen molar-refractivity contribution in [3.05, 3.63) is 29.7 Å². The molecule has 24 heavy (non-hydrogen) atoms. The zero-order chi connectivity index (χ0) is 16.8. The molecule has 1 fully saturated rings. The van der Waals surface area contributed by atoms with Gasteiger partial charge in [0.2, 0.25) is 0 Å². The maximum absolute atomic E-state index is 12.6. The Balaban J connectivity index is 1.53. The highest BCUT2D eigenvalue weighted by atomic mass is 16.2. The molecule has 0 unspecified atom stereocenters. The van der Waals surface area contributed by atoms with E-state index in [1.165, 1.54) is 32.0 Å². The summed E-state index contributed by atoms with van der Waals surface area (Å²) in [6.07, 6.45) is 12.2. The number of carbonyl (C=O) groups excluding carboxylic acids is 1. The van der Waals surface area contributed by atoms with Gasteiger partial charge < -0.3 is 10.2 Å². The van der Waals surface area contributed by atoms with Gasteiger partial charge >= 0.3 is 0 Å². The molecule has 5 nitrogen and oxygen atoms in total. The van der Waals surface area contributed by atoms with Crippen molar-refractivity contribution in [2.75, 3.05) is 25.0 Å². The fraction of sp³-hybridized carbons (Fsp3) is 0.632. The van der Waals surface area contributed by atoms with Crippen molar-refractivity contribution in [1.29, 1.82) is 0 Å². The molecule has 1 N–H and O–H groups in total. The van der Waals surface area contributed by atoms with Crippen LogP contribution in [0.5, 0.6) is 0 Å². The topological polar surface area (TPSA) is 58.1 Å². The van der Waals surface area contributed by atoms with Crippen LogP contribution in [0, 0.1) is 5.92 Å². The number of rotatable bonds is 5. The number of anilines is 1. The smallest absolute Gasteiger partial charge is 0.272 e. The predicted octanol–water partition coefficient (Wildman–Crippen LogP) is 3.65. The second-order valence-electron chi connectivity index (χ2n) is 7.05. The molecule has 0 radical (unpaired) electrons. The highest BCUT2D eigenvalue weighted by Crippen LogP contribution is 2.20. The van der Waals surface area contributed by atoms with Gasteiger partial charge in [-0.05, 0) is 50.9 Å². The Morgan fingerprint density at radius 1 is 1.29 bits per heavy atom. The van der Waals surface area contributed by atoms with Crippen LogP contribution in [0.25, 0.3) is 0 Å². The molecule has 1 aliphatic carbocycles. The van der Waals surface area contributed by atoms with Gasteiger partial charge in [-0.1, -0.05) is 18.6 Å². The Labute approximate surface area is 144 Å². The number of nitrogens with one attached hydrogen (secondary N) is 1. The maximum atomic E-state index is 12.6. The molecule has 1 aliphatic heterocycles. The zero-order valence-electron chi connectivity index (χ0n) is 14.6. The standard InChI is InChI=1S/C19H28N4O/c1-15-8-11-23(12-9-15)19(24)17-13-18(22-14-21-17)20-10-7-16-5-3-2-4-6-16/h5,13-15H,2-4,6-12H2,1H3,(H,20,21,22). The van der Waals surface area contributed by atoms with Gasteiger partial charge in [0.05, 0.1) is 0 Å². The average Bonchev–Trinajstić information content (AvgIpc) is 2.63. The number of carbonyl (C=O) groups is 1. The molecule has 2 aliphatic rings. The van der Waals surface area contributed by atoms with Crippen LogP contribution >= 0.6 is 0 Å². The van der Waals surface area contributed by atoms with Crippen LogP contribution in [0.15, 0.2) is 24.0 Å². The Hall–Kier alpha value is -1.91. The Morgan fingerprint density at radius 2 is 2.12 bits per heavy atom. The van der Waals surface area contributed by atoms with Crippen molar-refractivity contribution in [2.45, 2.75) is 51.9 Å². The monoisotopic (exact) mass is 328 g/mol. The number of nitrogens with zero attached hydrogens (tertiary/aromatic N) is 3. The lowest BCUT2D eigenvalue weighted by Crippen LogP contribution is -2.38. The van der Waals surface area contributed by atoms with Crippen molar-refractivity contribution in [2.24, 2.45) is 5.92 Å². The van der Waals surface area contributed by atoms with Crippen LogP contribution in [0.2, 0.25) is 0 Å². The molecule has 0 spiro atoms. The van der Waals surface area contributed by atoms with Crippen LogP contribution in [0.4, 0.5) is 5.82 Å². The number of likely N-dealkylation sites (tertiary alicyclic amines) is 1. The Kier molecular flexibility index (Phi) is 5.83. The highest BCUT2D eigenvalue weighted by Gasteiger charge is 2.22. The average molecular weight is 328 g/mol. The number of piperidine rings is 1. The van der Waals surface area contributed by atoms with E-state index in [2.05, 4.69) is 28.3 Å². The third-order valence-corrected chi connectivity index (χ3v) is 5.09. The van der Waals surface area contributed by atoms with Gasteiger partial charge in [0.1, 0.15) is 17.8 Å². The maximum Gasteiger partial charge on any atom is 0.272 e. The molecule has 1 aromatic heterocycles. The second-order valence-corrected chi connectivity index (χ2v) is 7.05. The van der Waals surface area contributed by atoms with E-state index in [9.17, 15) is 4.79 Å². The Morgan fingerprint density at radius 3 is 2.88 bits per heavy atom. The van der Waals surface area contributed by atoms with Crippen molar-refractivity contribution >= 4 is 11.7 Å². The van der Waals surface area contributed by atoms with Crippen LogP contribution in [-0.4, -0.2) is 40.4 Å². The van der Waals surface area contributed by atoms with E-state index in [0.29, 0.717) is 11.6 Å².